The summed E-state index contributed by atoms with van der Waals surface area (Å²) in [5.41, 5.74) is 1.10. The monoisotopic (exact) mass is 444 g/mol. The number of carbonyl (C=O) groups excluding carboxylic acids is 1. The molecule has 0 saturated carbocycles. The summed E-state index contributed by atoms with van der Waals surface area (Å²) in [4.78, 5) is 21.3. The lowest BCUT2D eigenvalue weighted by molar-refractivity contribution is 0.0539. The molecule has 30 heavy (non-hydrogen) atoms. The molecule has 1 saturated heterocycles. The topological polar surface area (TPSA) is 75.9 Å². The Labute approximate surface area is 185 Å². The Balaban J connectivity index is 1.59. The van der Waals surface area contributed by atoms with Crippen molar-refractivity contribution >= 4 is 34.9 Å². The van der Waals surface area contributed by atoms with Crippen molar-refractivity contribution in [3.63, 3.8) is 0 Å². The Bertz CT molecular complexity index is 1010. The van der Waals surface area contributed by atoms with E-state index in [1.807, 2.05) is 11.0 Å². The van der Waals surface area contributed by atoms with E-state index in [9.17, 15) is 4.79 Å². The van der Waals surface area contributed by atoms with E-state index in [2.05, 4.69) is 27.4 Å². The third-order valence-electron chi connectivity index (χ3n) is 5.42. The van der Waals surface area contributed by atoms with Crippen molar-refractivity contribution in [2.45, 2.75) is 25.8 Å². The van der Waals surface area contributed by atoms with Crippen LogP contribution in [0.4, 0.5) is 5.82 Å². The molecular formula is C21H22Cl2N6O. The maximum atomic E-state index is 13.6. The number of aromatic nitrogens is 4. The molecule has 1 aliphatic rings. The van der Waals surface area contributed by atoms with Gasteiger partial charge in [0.15, 0.2) is 0 Å². The number of nitrogens with one attached hydrogen (secondary N) is 1. The number of rotatable bonds is 5. The van der Waals surface area contributed by atoms with Crippen LogP contribution < -0.4 is 5.32 Å². The lowest BCUT2D eigenvalue weighted by atomic mass is 9.90. The molecular weight excluding hydrogens is 423 g/mol. The van der Waals surface area contributed by atoms with Gasteiger partial charge in [0.25, 0.3) is 5.91 Å². The second kappa shape index (κ2) is 9.02. The maximum Gasteiger partial charge on any atom is 0.256 e. The molecule has 2 aromatic heterocycles. The van der Waals surface area contributed by atoms with Crippen molar-refractivity contribution in [3.8, 4) is 5.69 Å². The number of benzene rings is 1. The average molecular weight is 445 g/mol. The molecule has 3 heterocycles. The number of pyridine rings is 1. The van der Waals surface area contributed by atoms with Gasteiger partial charge in [0, 0.05) is 24.3 Å². The van der Waals surface area contributed by atoms with Gasteiger partial charge in [-0.2, -0.15) is 15.0 Å². The van der Waals surface area contributed by atoms with Crippen LogP contribution in [0.2, 0.25) is 10.0 Å². The van der Waals surface area contributed by atoms with Gasteiger partial charge in [0.1, 0.15) is 5.82 Å². The zero-order chi connectivity index (χ0) is 21.1. The highest BCUT2D eigenvalue weighted by Gasteiger charge is 2.33. The zero-order valence-corrected chi connectivity index (χ0v) is 18.0. The number of anilines is 1. The molecule has 1 aliphatic heterocycles. The van der Waals surface area contributed by atoms with Gasteiger partial charge < -0.3 is 10.2 Å². The summed E-state index contributed by atoms with van der Waals surface area (Å²) in [6.45, 7) is 3.47. The molecule has 7 nitrogen and oxygen atoms in total. The third-order valence-corrected chi connectivity index (χ3v) is 5.88. The average Bonchev–Trinajstić information content (AvgIpc) is 3.28. The Morgan fingerprint density at radius 2 is 1.93 bits per heavy atom. The predicted molar refractivity (Wildman–Crippen MR) is 117 cm³/mol. The van der Waals surface area contributed by atoms with E-state index in [1.54, 1.807) is 42.9 Å². The molecule has 9 heteroatoms. The molecule has 4 rings (SSSR count). The van der Waals surface area contributed by atoms with Gasteiger partial charge in [-0.3, -0.25) is 4.79 Å². The number of hydrogen-bond acceptors (Lipinski definition) is 5. The molecule has 3 aromatic rings. The van der Waals surface area contributed by atoms with Gasteiger partial charge in [0.2, 0.25) is 0 Å². The zero-order valence-electron chi connectivity index (χ0n) is 16.5. The first-order valence-corrected chi connectivity index (χ1v) is 10.6. The Hall–Kier alpha value is -2.64. The molecule has 2 atom stereocenters. The summed E-state index contributed by atoms with van der Waals surface area (Å²) in [5.74, 6) is 1.03. The first-order chi connectivity index (χ1) is 14.5. The maximum absolute atomic E-state index is 13.6. The van der Waals surface area contributed by atoms with Gasteiger partial charge in [-0.05, 0) is 49.1 Å². The Morgan fingerprint density at radius 1 is 1.17 bits per heavy atom. The molecule has 1 fully saturated rings. The second-order valence-corrected chi connectivity index (χ2v) is 8.28. The van der Waals surface area contributed by atoms with Gasteiger partial charge in [-0.25, -0.2) is 4.98 Å². The molecule has 0 bridgehead atoms. The first-order valence-electron chi connectivity index (χ1n) is 9.85. The first kappa shape index (κ1) is 20.6. The molecule has 156 valence electrons. The highest BCUT2D eigenvalue weighted by molar-refractivity contribution is 6.31. The molecule has 0 spiro atoms. The number of hydrogen-bond donors (Lipinski definition) is 1. The summed E-state index contributed by atoms with van der Waals surface area (Å²) in [6.07, 6.45) is 6.78. The molecule has 1 amide bonds. The van der Waals surface area contributed by atoms with Crippen LogP contribution >= 0.6 is 23.2 Å². The Kier molecular flexibility index (Phi) is 6.20. The fourth-order valence-electron chi connectivity index (χ4n) is 3.85. The highest BCUT2D eigenvalue weighted by atomic mass is 35.5. The van der Waals surface area contributed by atoms with E-state index in [1.165, 1.54) is 4.80 Å². The Morgan fingerprint density at radius 3 is 2.67 bits per heavy atom. The summed E-state index contributed by atoms with van der Waals surface area (Å²) in [6, 6.07) is 8.84. The van der Waals surface area contributed by atoms with Crippen molar-refractivity contribution in [3.05, 3.63) is 64.5 Å². The van der Waals surface area contributed by atoms with Gasteiger partial charge in [-0.1, -0.05) is 30.1 Å². The van der Waals surface area contributed by atoms with Gasteiger partial charge >= 0.3 is 0 Å². The summed E-state index contributed by atoms with van der Waals surface area (Å²) < 4.78 is 0. The van der Waals surface area contributed by atoms with Crippen LogP contribution in [-0.2, 0) is 0 Å². The fourth-order valence-corrected chi connectivity index (χ4v) is 4.13. The normalized spacial score (nSPS) is 19.0. The van der Waals surface area contributed by atoms with E-state index in [0.717, 1.165) is 18.7 Å². The summed E-state index contributed by atoms with van der Waals surface area (Å²) in [7, 11) is 0. The van der Waals surface area contributed by atoms with E-state index in [4.69, 9.17) is 23.2 Å². The van der Waals surface area contributed by atoms with Crippen LogP contribution in [-0.4, -0.2) is 49.9 Å². The highest BCUT2D eigenvalue weighted by Crippen LogP contribution is 2.28. The standard InChI is InChI=1S/C21H22Cl2N6O/c1-14-3-2-10-28(19(14)13-25-20-7-5-16(23)12-24-20)21(30)17-6-4-15(22)11-18(17)29-26-8-9-27-29/h4-9,11-12,14,19H,2-3,10,13H2,1H3,(H,24,25)/t14-,19?/m1/s1. The number of nitrogens with zero attached hydrogens (tertiary/aromatic N) is 5. The minimum atomic E-state index is -0.0543. The quantitative estimate of drug-likeness (QED) is 0.633. The van der Waals surface area contributed by atoms with Crippen LogP contribution in [0, 0.1) is 5.92 Å². The minimum Gasteiger partial charge on any atom is -0.368 e. The van der Waals surface area contributed by atoms with Crippen molar-refractivity contribution in [2.24, 2.45) is 5.92 Å². The molecule has 1 aromatic carbocycles. The van der Waals surface area contributed by atoms with Crippen molar-refractivity contribution < 1.29 is 4.79 Å². The van der Waals surface area contributed by atoms with Crippen LogP contribution in [0.15, 0.2) is 48.9 Å². The van der Waals surface area contributed by atoms with Crippen molar-refractivity contribution in [1.29, 1.82) is 0 Å². The lowest BCUT2D eigenvalue weighted by Crippen LogP contribution is -2.51. The number of likely N-dealkylation sites (tertiary alicyclic amines) is 1. The number of amides is 1. The van der Waals surface area contributed by atoms with E-state index >= 15 is 0 Å². The van der Waals surface area contributed by atoms with Crippen LogP contribution in [0.3, 0.4) is 0 Å². The molecule has 0 aliphatic carbocycles. The van der Waals surface area contributed by atoms with E-state index in [0.29, 0.717) is 40.3 Å². The number of carbonyl (C=O) groups is 1. The molecule has 0 radical (unpaired) electrons. The van der Waals surface area contributed by atoms with Crippen LogP contribution in [0.25, 0.3) is 5.69 Å². The van der Waals surface area contributed by atoms with E-state index < -0.39 is 0 Å². The SMILES string of the molecule is C[C@@H]1CCCN(C(=O)c2ccc(Cl)cc2-n2nccn2)C1CNc1ccc(Cl)cn1. The third kappa shape index (κ3) is 4.42. The van der Waals surface area contributed by atoms with E-state index in [-0.39, 0.29) is 11.9 Å². The summed E-state index contributed by atoms with van der Waals surface area (Å²) >= 11 is 12.1. The largest absolute Gasteiger partial charge is 0.368 e. The smallest absolute Gasteiger partial charge is 0.256 e. The van der Waals surface area contributed by atoms with Crippen molar-refractivity contribution in [1.82, 2.24) is 24.9 Å². The molecule has 1 N–H and O–H groups in total. The molecule has 1 unspecified atom stereocenters. The fraction of sp³-hybridized carbons (Fsp3) is 0.333. The van der Waals surface area contributed by atoms with Crippen LogP contribution in [0.1, 0.15) is 30.1 Å². The number of halogens is 2. The summed E-state index contributed by atoms with van der Waals surface area (Å²) in [5, 5.41) is 12.8. The minimum absolute atomic E-state index is 0.0258. The van der Waals surface area contributed by atoms with Crippen molar-refractivity contribution in [2.75, 3.05) is 18.4 Å². The second-order valence-electron chi connectivity index (χ2n) is 7.41. The lowest BCUT2D eigenvalue weighted by Gasteiger charge is -2.40. The number of piperidine rings is 1. The predicted octanol–water partition coefficient (Wildman–Crippen LogP) is 4.32. The van der Waals surface area contributed by atoms with Gasteiger partial charge in [0.05, 0.1) is 34.7 Å². The van der Waals surface area contributed by atoms with Crippen LogP contribution in [0.5, 0.6) is 0 Å². The van der Waals surface area contributed by atoms with Gasteiger partial charge in [-0.15, -0.1) is 0 Å².